The van der Waals surface area contributed by atoms with E-state index in [1.54, 1.807) is 0 Å². The van der Waals surface area contributed by atoms with Crippen LogP contribution in [0.5, 0.6) is 0 Å². The first-order chi connectivity index (χ1) is 6.08. The van der Waals surface area contributed by atoms with E-state index in [9.17, 15) is 4.79 Å². The van der Waals surface area contributed by atoms with Crippen LogP contribution in [-0.2, 0) is 4.79 Å². The second-order valence-corrected chi connectivity index (χ2v) is 3.35. The molecule has 2 atom stereocenters. The molecule has 3 nitrogen and oxygen atoms in total. The van der Waals surface area contributed by atoms with Gasteiger partial charge in [-0.05, 0) is 26.3 Å². The Hall–Kier alpha value is -0.570. The molecular weight excluding hydrogens is 166 g/mol. The van der Waals surface area contributed by atoms with Crippen LogP contribution in [-0.4, -0.2) is 34.6 Å². The van der Waals surface area contributed by atoms with Crippen LogP contribution in [0.4, 0.5) is 0 Å². The van der Waals surface area contributed by atoms with Crippen molar-refractivity contribution < 1.29 is 9.90 Å². The number of carboxylic acids is 1. The average Bonchev–Trinajstić information content (AvgIpc) is 2.12. The van der Waals surface area contributed by atoms with Crippen molar-refractivity contribution in [3.63, 3.8) is 0 Å². The third-order valence-corrected chi connectivity index (χ3v) is 2.59. The summed E-state index contributed by atoms with van der Waals surface area (Å²) in [6.45, 7) is 8.90. The molecule has 0 saturated carbocycles. The number of nitrogens with zero attached hydrogens (tertiary/aromatic N) is 1. The molecule has 0 aromatic heterocycles. The van der Waals surface area contributed by atoms with Gasteiger partial charge in [0.1, 0.15) is 6.04 Å². The van der Waals surface area contributed by atoms with Crippen molar-refractivity contribution in [2.75, 3.05) is 6.54 Å². The summed E-state index contributed by atoms with van der Waals surface area (Å²) in [5.41, 5.74) is 0. The van der Waals surface area contributed by atoms with Crippen LogP contribution >= 0.6 is 0 Å². The minimum absolute atomic E-state index is 0.319. The molecule has 0 aliphatic heterocycles. The second-order valence-electron chi connectivity index (χ2n) is 3.35. The second kappa shape index (κ2) is 5.97. The lowest BCUT2D eigenvalue weighted by molar-refractivity contribution is -0.144. The Morgan fingerprint density at radius 1 is 1.31 bits per heavy atom. The maximum Gasteiger partial charge on any atom is 0.320 e. The third-order valence-electron chi connectivity index (χ3n) is 2.59. The normalized spacial score (nSPS) is 15.8. The number of carboxylic acid groups (broad SMARTS) is 1. The fraction of sp³-hybridized carbons (Fsp3) is 0.900. The lowest BCUT2D eigenvalue weighted by Gasteiger charge is -2.32. The van der Waals surface area contributed by atoms with Gasteiger partial charge >= 0.3 is 5.97 Å². The molecule has 13 heavy (non-hydrogen) atoms. The summed E-state index contributed by atoms with van der Waals surface area (Å²) < 4.78 is 0. The van der Waals surface area contributed by atoms with Crippen LogP contribution in [0.25, 0.3) is 0 Å². The Bertz CT molecular complexity index is 159. The van der Waals surface area contributed by atoms with Crippen molar-refractivity contribution in [2.24, 2.45) is 0 Å². The number of hydrogen-bond acceptors (Lipinski definition) is 2. The van der Waals surface area contributed by atoms with Gasteiger partial charge in [0.05, 0.1) is 0 Å². The van der Waals surface area contributed by atoms with Crippen molar-refractivity contribution in [2.45, 2.75) is 52.6 Å². The predicted octanol–water partition coefficient (Wildman–Crippen LogP) is 1.97. The van der Waals surface area contributed by atoms with Gasteiger partial charge in [-0.2, -0.15) is 0 Å². The third kappa shape index (κ3) is 3.35. The van der Waals surface area contributed by atoms with Crippen LogP contribution in [0.3, 0.4) is 0 Å². The monoisotopic (exact) mass is 187 g/mol. The average molecular weight is 187 g/mol. The van der Waals surface area contributed by atoms with Gasteiger partial charge in [-0.15, -0.1) is 0 Å². The molecule has 0 aliphatic rings. The number of carbonyl (C=O) groups is 1. The maximum absolute atomic E-state index is 10.9. The molecule has 0 saturated heterocycles. The topological polar surface area (TPSA) is 40.5 Å². The van der Waals surface area contributed by atoms with Gasteiger partial charge in [-0.3, -0.25) is 9.69 Å². The van der Waals surface area contributed by atoms with Crippen LogP contribution < -0.4 is 0 Å². The summed E-state index contributed by atoms with van der Waals surface area (Å²) in [4.78, 5) is 13.0. The van der Waals surface area contributed by atoms with E-state index < -0.39 is 5.97 Å². The number of rotatable bonds is 6. The molecule has 1 N–H and O–H groups in total. The zero-order valence-electron chi connectivity index (χ0n) is 9.08. The first kappa shape index (κ1) is 12.4. The molecule has 0 radical (unpaired) electrons. The van der Waals surface area contributed by atoms with Gasteiger partial charge in [0.2, 0.25) is 0 Å². The summed E-state index contributed by atoms with van der Waals surface area (Å²) in [7, 11) is 0. The van der Waals surface area contributed by atoms with E-state index in [-0.39, 0.29) is 6.04 Å². The summed E-state index contributed by atoms with van der Waals surface area (Å²) in [6, 6.07) is 0.0333. The molecule has 0 aliphatic carbocycles. The standard InChI is InChI=1S/C10H21NO2/c1-5-8(4)11(7-3)9(6-2)10(12)13/h8-9H,5-7H2,1-4H3,(H,12,13). The smallest absolute Gasteiger partial charge is 0.320 e. The maximum atomic E-state index is 10.9. The highest BCUT2D eigenvalue weighted by molar-refractivity contribution is 5.73. The zero-order valence-corrected chi connectivity index (χ0v) is 9.08. The van der Waals surface area contributed by atoms with E-state index in [0.29, 0.717) is 12.5 Å². The molecule has 2 unspecified atom stereocenters. The van der Waals surface area contributed by atoms with Gasteiger partial charge in [0.15, 0.2) is 0 Å². The quantitative estimate of drug-likeness (QED) is 0.691. The first-order valence-electron chi connectivity index (χ1n) is 5.06. The molecule has 0 aromatic rings. The van der Waals surface area contributed by atoms with Gasteiger partial charge < -0.3 is 5.11 Å². The van der Waals surface area contributed by atoms with Crippen LogP contribution in [0.15, 0.2) is 0 Å². The molecule has 0 aromatic carbocycles. The van der Waals surface area contributed by atoms with E-state index >= 15 is 0 Å². The molecule has 0 heterocycles. The van der Waals surface area contributed by atoms with Gasteiger partial charge in [-0.25, -0.2) is 0 Å². The Morgan fingerprint density at radius 2 is 1.85 bits per heavy atom. The summed E-state index contributed by atoms with van der Waals surface area (Å²) in [5.74, 6) is -0.704. The molecule has 3 heteroatoms. The predicted molar refractivity (Wildman–Crippen MR) is 53.8 cm³/mol. The molecule has 0 fully saturated rings. The molecule has 0 amide bonds. The highest BCUT2D eigenvalue weighted by Gasteiger charge is 2.25. The number of likely N-dealkylation sites (N-methyl/N-ethyl adjacent to an activating group) is 1. The summed E-state index contributed by atoms with van der Waals surface area (Å²) in [5, 5.41) is 8.98. The van der Waals surface area contributed by atoms with Crippen molar-refractivity contribution in [3.05, 3.63) is 0 Å². The summed E-state index contributed by atoms with van der Waals surface area (Å²) >= 11 is 0. The van der Waals surface area contributed by atoms with Crippen molar-refractivity contribution in [1.82, 2.24) is 4.90 Å². The van der Waals surface area contributed by atoms with Gasteiger partial charge in [0, 0.05) is 6.04 Å². The Balaban J connectivity index is 4.42. The minimum atomic E-state index is -0.704. The van der Waals surface area contributed by atoms with Crippen LogP contribution in [0.2, 0.25) is 0 Å². The van der Waals surface area contributed by atoms with Crippen molar-refractivity contribution >= 4 is 5.97 Å². The Kier molecular flexibility index (Phi) is 5.71. The van der Waals surface area contributed by atoms with Gasteiger partial charge in [0.25, 0.3) is 0 Å². The fourth-order valence-electron chi connectivity index (χ4n) is 1.62. The van der Waals surface area contributed by atoms with Gasteiger partial charge in [-0.1, -0.05) is 20.8 Å². The SMILES string of the molecule is CCC(C)N(CC)C(CC)C(=O)O. The molecule has 78 valence electrons. The molecule has 0 bridgehead atoms. The lowest BCUT2D eigenvalue weighted by Crippen LogP contribution is -2.45. The van der Waals surface area contributed by atoms with E-state index in [0.717, 1.165) is 13.0 Å². The van der Waals surface area contributed by atoms with Crippen molar-refractivity contribution in [1.29, 1.82) is 0 Å². The van der Waals surface area contributed by atoms with E-state index in [1.807, 2.05) is 18.7 Å². The minimum Gasteiger partial charge on any atom is -0.480 e. The van der Waals surface area contributed by atoms with Crippen LogP contribution in [0, 0.1) is 0 Å². The summed E-state index contributed by atoms with van der Waals surface area (Å²) in [6.07, 6.45) is 1.67. The Morgan fingerprint density at radius 3 is 2.08 bits per heavy atom. The first-order valence-corrected chi connectivity index (χ1v) is 5.06. The largest absolute Gasteiger partial charge is 0.480 e. The van der Waals surface area contributed by atoms with Crippen molar-refractivity contribution in [3.8, 4) is 0 Å². The molecular formula is C10H21NO2. The van der Waals surface area contributed by atoms with E-state index in [4.69, 9.17) is 5.11 Å². The van der Waals surface area contributed by atoms with E-state index in [1.165, 1.54) is 0 Å². The number of hydrogen-bond donors (Lipinski definition) is 1. The fourth-order valence-corrected chi connectivity index (χ4v) is 1.62. The highest BCUT2D eigenvalue weighted by atomic mass is 16.4. The zero-order chi connectivity index (χ0) is 10.4. The highest BCUT2D eigenvalue weighted by Crippen LogP contribution is 2.11. The molecule has 0 spiro atoms. The molecule has 0 rings (SSSR count). The lowest BCUT2D eigenvalue weighted by atomic mass is 10.1. The Labute approximate surface area is 80.7 Å². The van der Waals surface area contributed by atoms with E-state index in [2.05, 4.69) is 13.8 Å². The number of aliphatic carboxylic acids is 1. The van der Waals surface area contributed by atoms with Crippen LogP contribution in [0.1, 0.15) is 40.5 Å².